The molecule has 102 valence electrons. The van der Waals surface area contributed by atoms with Gasteiger partial charge < -0.3 is 9.26 Å². The lowest BCUT2D eigenvalue weighted by molar-refractivity contribution is 0.0312. The largest absolute Gasteiger partial charge is 0.365 e. The average molecular weight is 282 g/mol. The highest BCUT2D eigenvalue weighted by molar-refractivity contribution is 7.88. The third-order valence-corrected chi connectivity index (χ3v) is 4.81. The van der Waals surface area contributed by atoms with Crippen molar-refractivity contribution in [3.8, 4) is 0 Å². The molecule has 2 aromatic rings. The second-order valence-corrected chi connectivity index (χ2v) is 6.42. The lowest BCUT2D eigenvalue weighted by Gasteiger charge is -2.25. The van der Waals surface area contributed by atoms with Crippen molar-refractivity contribution < 1.29 is 17.7 Å². The molecule has 2 heterocycles. The molecule has 7 heteroatoms. The fourth-order valence-corrected chi connectivity index (χ4v) is 3.48. The van der Waals surface area contributed by atoms with Gasteiger partial charge >= 0.3 is 0 Å². The van der Waals surface area contributed by atoms with Gasteiger partial charge in [0.1, 0.15) is 18.2 Å². The summed E-state index contributed by atoms with van der Waals surface area (Å²) in [5.74, 6) is -0.159. The summed E-state index contributed by atoms with van der Waals surface area (Å²) in [5, 5.41) is 4.59. The van der Waals surface area contributed by atoms with E-state index in [-0.39, 0.29) is 12.5 Å². The number of nitrogens with zero attached hydrogens (tertiary/aromatic N) is 2. The molecule has 19 heavy (non-hydrogen) atoms. The highest BCUT2D eigenvalue weighted by Crippen LogP contribution is 2.21. The van der Waals surface area contributed by atoms with E-state index in [4.69, 9.17) is 9.26 Å². The van der Waals surface area contributed by atoms with Crippen molar-refractivity contribution >= 4 is 21.0 Å². The summed E-state index contributed by atoms with van der Waals surface area (Å²) in [5.41, 5.74) is 1.05. The minimum absolute atomic E-state index is 0.123. The van der Waals surface area contributed by atoms with Gasteiger partial charge in [0, 0.05) is 18.5 Å². The Morgan fingerprint density at radius 2 is 2.16 bits per heavy atom. The van der Waals surface area contributed by atoms with Gasteiger partial charge in [-0.2, -0.15) is 4.31 Å². The zero-order valence-electron chi connectivity index (χ0n) is 10.3. The molecule has 1 saturated heterocycles. The predicted octanol–water partition coefficient (Wildman–Crippen LogP) is 1.34. The van der Waals surface area contributed by atoms with Crippen LogP contribution >= 0.6 is 0 Å². The first-order valence-electron chi connectivity index (χ1n) is 6.06. The van der Waals surface area contributed by atoms with E-state index < -0.39 is 10.0 Å². The van der Waals surface area contributed by atoms with Gasteiger partial charge in [-0.05, 0) is 18.6 Å². The standard InChI is InChI=1S/C12H14N2O4S/c15-19(16,14-6-3-7-17-9-14)8-11-10-4-1-2-5-12(10)18-13-11/h1-2,4-5H,3,6-9H2. The van der Waals surface area contributed by atoms with Gasteiger partial charge in [-0.25, -0.2) is 8.42 Å². The number of sulfonamides is 1. The van der Waals surface area contributed by atoms with Crippen LogP contribution in [0.2, 0.25) is 0 Å². The van der Waals surface area contributed by atoms with Crippen LogP contribution in [-0.2, 0) is 20.5 Å². The molecule has 0 atom stereocenters. The van der Waals surface area contributed by atoms with E-state index in [1.54, 1.807) is 6.07 Å². The molecule has 0 bridgehead atoms. The van der Waals surface area contributed by atoms with Crippen LogP contribution in [0.15, 0.2) is 28.8 Å². The highest BCUT2D eigenvalue weighted by Gasteiger charge is 2.26. The van der Waals surface area contributed by atoms with Gasteiger partial charge in [-0.1, -0.05) is 17.3 Å². The lowest BCUT2D eigenvalue weighted by atomic mass is 10.2. The maximum Gasteiger partial charge on any atom is 0.221 e. The first kappa shape index (κ1) is 12.6. The van der Waals surface area contributed by atoms with Crippen LogP contribution < -0.4 is 0 Å². The molecule has 0 radical (unpaired) electrons. The van der Waals surface area contributed by atoms with Gasteiger partial charge in [0.25, 0.3) is 0 Å². The summed E-state index contributed by atoms with van der Waals surface area (Å²) in [6.45, 7) is 1.23. The summed E-state index contributed by atoms with van der Waals surface area (Å²) < 4.78 is 36.2. The highest BCUT2D eigenvalue weighted by atomic mass is 32.2. The van der Waals surface area contributed by atoms with Crippen LogP contribution in [0, 0.1) is 0 Å². The molecule has 0 unspecified atom stereocenters. The summed E-state index contributed by atoms with van der Waals surface area (Å²) in [7, 11) is -3.41. The Morgan fingerprint density at radius 1 is 1.32 bits per heavy atom. The van der Waals surface area contributed by atoms with E-state index >= 15 is 0 Å². The Bertz CT molecular complexity index is 674. The Labute approximate surface area is 111 Å². The van der Waals surface area contributed by atoms with Crippen molar-refractivity contribution in [3.05, 3.63) is 30.0 Å². The number of rotatable bonds is 3. The Morgan fingerprint density at radius 3 is 2.95 bits per heavy atom. The summed E-state index contributed by atoms with van der Waals surface area (Å²) in [6.07, 6.45) is 0.721. The quantitative estimate of drug-likeness (QED) is 0.849. The Hall–Kier alpha value is -1.44. The molecule has 1 aromatic heterocycles. The van der Waals surface area contributed by atoms with Crippen molar-refractivity contribution in [3.63, 3.8) is 0 Å². The van der Waals surface area contributed by atoms with Gasteiger partial charge in [0.15, 0.2) is 5.58 Å². The van der Waals surface area contributed by atoms with Gasteiger partial charge in [0.2, 0.25) is 10.0 Å². The molecule has 1 fully saturated rings. The van der Waals surface area contributed by atoms with Gasteiger partial charge in [-0.3, -0.25) is 0 Å². The zero-order valence-corrected chi connectivity index (χ0v) is 11.1. The van der Waals surface area contributed by atoms with Crippen molar-refractivity contribution in [2.75, 3.05) is 19.9 Å². The SMILES string of the molecule is O=S(=O)(Cc1noc2ccccc12)N1CCCOC1. The fourth-order valence-electron chi connectivity index (χ4n) is 2.10. The smallest absolute Gasteiger partial charge is 0.221 e. The summed E-state index contributed by atoms with van der Waals surface area (Å²) in [4.78, 5) is 0. The molecule has 6 nitrogen and oxygen atoms in total. The number of fused-ring (bicyclic) bond motifs is 1. The van der Waals surface area contributed by atoms with Gasteiger partial charge in [-0.15, -0.1) is 0 Å². The van der Waals surface area contributed by atoms with E-state index in [1.807, 2.05) is 18.2 Å². The van der Waals surface area contributed by atoms with Gasteiger partial charge in [0.05, 0.1) is 0 Å². The molecule has 3 rings (SSSR count). The third-order valence-electron chi connectivity index (χ3n) is 3.10. The molecule has 1 aliphatic rings. The van der Waals surface area contributed by atoms with Crippen LogP contribution in [0.25, 0.3) is 11.0 Å². The minimum atomic E-state index is -3.41. The van der Waals surface area contributed by atoms with Crippen molar-refractivity contribution in [2.45, 2.75) is 12.2 Å². The minimum Gasteiger partial charge on any atom is -0.365 e. The molecule has 0 amide bonds. The first-order chi connectivity index (χ1) is 9.17. The van der Waals surface area contributed by atoms with E-state index in [9.17, 15) is 8.42 Å². The molecule has 1 aliphatic heterocycles. The van der Waals surface area contributed by atoms with Crippen LogP contribution in [0.5, 0.6) is 0 Å². The van der Waals surface area contributed by atoms with E-state index in [0.29, 0.717) is 24.4 Å². The maximum atomic E-state index is 12.3. The fraction of sp³-hybridized carbons (Fsp3) is 0.417. The Kier molecular flexibility index (Phi) is 3.26. The van der Waals surface area contributed by atoms with E-state index in [1.165, 1.54) is 4.31 Å². The molecule has 0 N–H and O–H groups in total. The maximum absolute atomic E-state index is 12.3. The van der Waals surface area contributed by atoms with Crippen molar-refractivity contribution in [1.29, 1.82) is 0 Å². The molecule has 1 aromatic carbocycles. The van der Waals surface area contributed by atoms with Crippen molar-refractivity contribution in [2.24, 2.45) is 0 Å². The molecule has 0 aliphatic carbocycles. The normalized spacial score (nSPS) is 17.9. The number of para-hydroxylation sites is 1. The monoisotopic (exact) mass is 282 g/mol. The second kappa shape index (κ2) is 4.92. The number of aromatic nitrogens is 1. The van der Waals surface area contributed by atoms with E-state index in [2.05, 4.69) is 5.16 Å². The summed E-state index contributed by atoms with van der Waals surface area (Å²) >= 11 is 0. The molecule has 0 spiro atoms. The van der Waals surface area contributed by atoms with Crippen molar-refractivity contribution in [1.82, 2.24) is 9.46 Å². The number of hydrogen-bond donors (Lipinski definition) is 0. The topological polar surface area (TPSA) is 72.6 Å². The first-order valence-corrected chi connectivity index (χ1v) is 7.66. The van der Waals surface area contributed by atoms with Crippen LogP contribution in [0.4, 0.5) is 0 Å². The Balaban J connectivity index is 1.87. The number of benzene rings is 1. The summed E-state index contributed by atoms with van der Waals surface area (Å²) in [6, 6.07) is 7.23. The van der Waals surface area contributed by atoms with Crippen LogP contribution in [0.1, 0.15) is 12.1 Å². The van der Waals surface area contributed by atoms with Crippen LogP contribution in [-0.4, -0.2) is 37.8 Å². The third kappa shape index (κ3) is 2.49. The molecule has 0 saturated carbocycles. The van der Waals surface area contributed by atoms with Crippen LogP contribution in [0.3, 0.4) is 0 Å². The van der Waals surface area contributed by atoms with E-state index in [0.717, 1.165) is 11.8 Å². The number of ether oxygens (including phenoxy) is 1. The predicted molar refractivity (Wildman–Crippen MR) is 68.8 cm³/mol. The molecular formula is C12H14N2O4S. The zero-order chi connectivity index (χ0) is 13.3. The molecular weight excluding hydrogens is 268 g/mol. The average Bonchev–Trinajstić information content (AvgIpc) is 2.83. The second-order valence-electron chi connectivity index (χ2n) is 4.45. The number of hydrogen-bond acceptors (Lipinski definition) is 5. The lowest BCUT2D eigenvalue weighted by Crippen LogP contribution is -2.38.